The van der Waals surface area contributed by atoms with E-state index in [9.17, 15) is 4.79 Å². The molecule has 2 aliphatic heterocycles. The summed E-state index contributed by atoms with van der Waals surface area (Å²) in [7, 11) is 2.11. The van der Waals surface area contributed by atoms with Crippen molar-refractivity contribution >= 4 is 23.4 Å². The van der Waals surface area contributed by atoms with Crippen LogP contribution in [0.1, 0.15) is 54.4 Å². The zero-order valence-electron chi connectivity index (χ0n) is 18.3. The Kier molecular flexibility index (Phi) is 4.81. The minimum absolute atomic E-state index is 0.237. The number of fused-ring (bicyclic) bond motifs is 1. The predicted octanol–water partition coefficient (Wildman–Crippen LogP) is 3.07. The Morgan fingerprint density at radius 3 is 2.72 bits per heavy atom. The van der Waals surface area contributed by atoms with Crippen molar-refractivity contribution in [3.05, 3.63) is 41.4 Å². The largest absolute Gasteiger partial charge is 0.451 e. The van der Waals surface area contributed by atoms with Crippen LogP contribution in [0, 0.1) is 0 Å². The number of piperidine rings is 1. The van der Waals surface area contributed by atoms with Gasteiger partial charge in [0, 0.05) is 23.4 Å². The number of ether oxygens (including phenoxy) is 1. The second-order valence-electron chi connectivity index (χ2n) is 8.80. The van der Waals surface area contributed by atoms with Crippen LogP contribution >= 0.6 is 0 Å². The monoisotopic (exact) mass is 435 g/mol. The quantitative estimate of drug-likeness (QED) is 0.589. The lowest BCUT2D eigenvalue weighted by atomic mass is 9.95. The van der Waals surface area contributed by atoms with Gasteiger partial charge in [-0.05, 0) is 65.0 Å². The van der Waals surface area contributed by atoms with Crippen molar-refractivity contribution in [3.63, 3.8) is 0 Å². The van der Waals surface area contributed by atoms with Gasteiger partial charge in [0.05, 0.1) is 11.1 Å². The predicted molar refractivity (Wildman–Crippen MR) is 117 cm³/mol. The highest BCUT2D eigenvalue weighted by atomic mass is 16.6. The average Bonchev–Trinajstić information content (AvgIpc) is 3.31. The van der Waals surface area contributed by atoms with Crippen molar-refractivity contribution in [1.29, 1.82) is 0 Å². The summed E-state index contributed by atoms with van der Waals surface area (Å²) in [6.07, 6.45) is 3.54. The number of rotatable bonds is 4. The second-order valence-corrected chi connectivity index (χ2v) is 8.80. The minimum atomic E-state index is -0.683. The highest BCUT2D eigenvalue weighted by molar-refractivity contribution is 5.95. The summed E-state index contributed by atoms with van der Waals surface area (Å²) >= 11 is 0. The third kappa shape index (κ3) is 3.66. The summed E-state index contributed by atoms with van der Waals surface area (Å²) in [4.78, 5) is 23.0. The number of hydrogen-bond acceptors (Lipinski definition) is 10. The van der Waals surface area contributed by atoms with E-state index in [0.29, 0.717) is 28.9 Å². The molecule has 0 unspecified atom stereocenters. The van der Waals surface area contributed by atoms with Crippen molar-refractivity contribution in [2.75, 3.05) is 31.2 Å². The molecule has 166 valence electrons. The van der Waals surface area contributed by atoms with Crippen LogP contribution in [0.2, 0.25) is 0 Å². The fourth-order valence-corrected chi connectivity index (χ4v) is 4.15. The summed E-state index contributed by atoms with van der Waals surface area (Å²) in [6.45, 7) is 5.73. The van der Waals surface area contributed by atoms with Crippen molar-refractivity contribution in [2.24, 2.45) is 0 Å². The Bertz CT molecular complexity index is 1180. The Hall–Kier alpha value is -3.53. The minimum Gasteiger partial charge on any atom is -0.451 e. The Labute approximate surface area is 185 Å². The fourth-order valence-electron chi connectivity index (χ4n) is 4.15. The van der Waals surface area contributed by atoms with Gasteiger partial charge in [-0.25, -0.2) is 9.78 Å². The number of nitrogens with two attached hydrogens (primary N) is 1. The van der Waals surface area contributed by atoms with E-state index in [2.05, 4.69) is 37.4 Å². The topological polar surface area (TPSA) is 132 Å². The number of likely N-dealkylation sites (tertiary alicyclic amines) is 1. The van der Waals surface area contributed by atoms with Crippen molar-refractivity contribution in [3.8, 4) is 11.5 Å². The molecule has 0 radical (unpaired) electrons. The molecule has 5 rings (SSSR count). The van der Waals surface area contributed by atoms with E-state index in [1.165, 1.54) is 0 Å². The first-order chi connectivity index (χ1) is 15.3. The molecule has 1 saturated heterocycles. The fraction of sp³-hybridized carbons (Fsp3) is 0.409. The van der Waals surface area contributed by atoms with E-state index in [4.69, 9.17) is 14.9 Å². The van der Waals surface area contributed by atoms with Gasteiger partial charge in [-0.1, -0.05) is 0 Å². The summed E-state index contributed by atoms with van der Waals surface area (Å²) < 4.78 is 11.3. The molecule has 10 nitrogen and oxygen atoms in total. The summed E-state index contributed by atoms with van der Waals surface area (Å²) in [5.74, 6) is 1.45. The van der Waals surface area contributed by atoms with E-state index in [-0.39, 0.29) is 17.7 Å². The van der Waals surface area contributed by atoms with Gasteiger partial charge in [-0.15, -0.1) is 10.2 Å². The van der Waals surface area contributed by atoms with Crippen LogP contribution < -0.4 is 11.1 Å². The molecular formula is C22H25N7O3. The SMILES string of the molecule is CN1CCC(c2nnc(-c3cnc(Nc4ccc5c(c4)C(C)(C)OC5=O)nc3N)o2)CC1. The maximum Gasteiger partial charge on any atom is 0.339 e. The third-order valence-electron chi connectivity index (χ3n) is 6.05. The third-order valence-corrected chi connectivity index (χ3v) is 6.05. The molecule has 0 spiro atoms. The molecule has 3 aromatic rings. The molecule has 0 aliphatic carbocycles. The van der Waals surface area contributed by atoms with Crippen LogP contribution in [0.25, 0.3) is 11.5 Å². The number of esters is 1. The molecule has 2 aliphatic rings. The van der Waals surface area contributed by atoms with Gasteiger partial charge in [0.2, 0.25) is 11.8 Å². The molecule has 0 atom stereocenters. The number of aromatic nitrogens is 4. The molecule has 1 fully saturated rings. The number of benzene rings is 1. The lowest BCUT2D eigenvalue weighted by Crippen LogP contribution is -2.29. The van der Waals surface area contributed by atoms with Crippen LogP contribution in [0.5, 0.6) is 0 Å². The van der Waals surface area contributed by atoms with Crippen molar-refractivity contribution in [1.82, 2.24) is 25.1 Å². The maximum absolute atomic E-state index is 12.0. The summed E-state index contributed by atoms with van der Waals surface area (Å²) in [5, 5.41) is 11.5. The first-order valence-corrected chi connectivity index (χ1v) is 10.6. The van der Waals surface area contributed by atoms with Gasteiger partial charge >= 0.3 is 5.97 Å². The van der Waals surface area contributed by atoms with Crippen molar-refractivity contribution < 1.29 is 13.9 Å². The molecule has 0 bridgehead atoms. The smallest absolute Gasteiger partial charge is 0.339 e. The van der Waals surface area contributed by atoms with Crippen molar-refractivity contribution in [2.45, 2.75) is 38.2 Å². The lowest BCUT2D eigenvalue weighted by molar-refractivity contribution is 0.00955. The van der Waals surface area contributed by atoms with E-state index >= 15 is 0 Å². The Morgan fingerprint density at radius 2 is 1.97 bits per heavy atom. The summed E-state index contributed by atoms with van der Waals surface area (Å²) in [6, 6.07) is 5.37. The number of anilines is 3. The van der Waals surface area contributed by atoms with Gasteiger partial charge in [0.1, 0.15) is 11.4 Å². The van der Waals surface area contributed by atoms with Gasteiger partial charge in [0.15, 0.2) is 0 Å². The standard InChI is InChI=1S/C22H25N7O3/c1-22(2)16-10-13(4-5-14(16)20(30)32-22)25-21-24-11-15(17(23)26-21)19-28-27-18(31-19)12-6-8-29(3)9-7-12/h4-5,10-12H,6-9H2,1-3H3,(H3,23,24,25,26). The molecule has 1 aromatic carbocycles. The van der Waals surface area contributed by atoms with Gasteiger partial charge in [-0.2, -0.15) is 4.98 Å². The molecule has 32 heavy (non-hydrogen) atoms. The average molecular weight is 435 g/mol. The number of nitrogen functional groups attached to an aromatic ring is 1. The molecule has 2 aromatic heterocycles. The maximum atomic E-state index is 12.0. The zero-order valence-corrected chi connectivity index (χ0v) is 18.3. The van der Waals surface area contributed by atoms with Crippen LogP contribution in [-0.4, -0.2) is 51.2 Å². The number of nitrogens with zero attached hydrogens (tertiary/aromatic N) is 5. The highest BCUT2D eigenvalue weighted by Gasteiger charge is 2.37. The van der Waals surface area contributed by atoms with Gasteiger partial charge in [0.25, 0.3) is 5.89 Å². The van der Waals surface area contributed by atoms with E-state index in [0.717, 1.165) is 37.2 Å². The van der Waals surface area contributed by atoms with E-state index in [1.54, 1.807) is 18.3 Å². The van der Waals surface area contributed by atoms with Gasteiger partial charge < -0.3 is 25.1 Å². The van der Waals surface area contributed by atoms with E-state index in [1.807, 2.05) is 19.9 Å². The van der Waals surface area contributed by atoms with Crippen LogP contribution in [0.4, 0.5) is 17.5 Å². The normalized spacial score (nSPS) is 18.4. The van der Waals surface area contributed by atoms with Crippen LogP contribution in [0.3, 0.4) is 0 Å². The van der Waals surface area contributed by atoms with Crippen LogP contribution in [-0.2, 0) is 10.3 Å². The second kappa shape index (κ2) is 7.56. The molecule has 0 amide bonds. The summed E-state index contributed by atoms with van der Waals surface area (Å²) in [5.41, 5.74) is 8.09. The number of nitrogens with one attached hydrogen (secondary N) is 1. The number of hydrogen-bond donors (Lipinski definition) is 2. The molecule has 4 heterocycles. The molecule has 10 heteroatoms. The molecule has 3 N–H and O–H groups in total. The Balaban J connectivity index is 1.34. The molecular weight excluding hydrogens is 410 g/mol. The first kappa shape index (κ1) is 20.4. The lowest BCUT2D eigenvalue weighted by Gasteiger charge is -2.26. The first-order valence-electron chi connectivity index (χ1n) is 10.6. The van der Waals surface area contributed by atoms with Crippen LogP contribution in [0.15, 0.2) is 28.8 Å². The Morgan fingerprint density at radius 1 is 1.19 bits per heavy atom. The highest BCUT2D eigenvalue weighted by Crippen LogP contribution is 2.37. The molecule has 0 saturated carbocycles. The van der Waals surface area contributed by atoms with E-state index < -0.39 is 5.60 Å². The number of carbonyl (C=O) groups is 1. The number of carbonyl (C=O) groups excluding carboxylic acids is 1. The number of cyclic esters (lactones) is 1. The zero-order chi connectivity index (χ0) is 22.5. The van der Waals surface area contributed by atoms with Gasteiger partial charge in [-0.3, -0.25) is 0 Å².